The Morgan fingerprint density at radius 1 is 1.04 bits per heavy atom. The van der Waals surface area contributed by atoms with Gasteiger partial charge < -0.3 is 5.32 Å². The van der Waals surface area contributed by atoms with Crippen LogP contribution in [0.1, 0.15) is 0 Å². The average molecular weight is 336 g/mol. The summed E-state index contributed by atoms with van der Waals surface area (Å²) in [6, 6.07) is 4.92. The lowest BCUT2D eigenvalue weighted by molar-refractivity contribution is 0.448. The minimum atomic E-state index is -3.51. The average Bonchev–Trinajstić information content (AvgIpc) is 3.18. The van der Waals surface area contributed by atoms with E-state index in [1.807, 2.05) is 0 Å². The van der Waals surface area contributed by atoms with Crippen molar-refractivity contribution in [1.29, 1.82) is 0 Å². The van der Waals surface area contributed by atoms with Gasteiger partial charge in [0.05, 0.1) is 15.9 Å². The van der Waals surface area contributed by atoms with E-state index in [4.69, 9.17) is 0 Å². The first-order chi connectivity index (χ1) is 10.9. The molecule has 23 heavy (non-hydrogen) atoms. The number of sulfonamides is 1. The maximum Gasteiger partial charge on any atom is 0.328 e. The molecule has 2 aliphatic heterocycles. The molecule has 1 N–H and O–H groups in total. The summed E-state index contributed by atoms with van der Waals surface area (Å²) in [5.41, 5.74) is 1.22. The molecule has 124 valence electrons. The lowest BCUT2D eigenvalue weighted by Crippen LogP contribution is -2.31. The fraction of sp³-hybridized carbons (Fsp3) is 0.533. The maximum absolute atomic E-state index is 12.9. The first kappa shape index (κ1) is 14.9. The summed E-state index contributed by atoms with van der Waals surface area (Å²) >= 11 is 0. The molecule has 2 saturated heterocycles. The fourth-order valence-corrected chi connectivity index (χ4v) is 5.38. The summed E-state index contributed by atoms with van der Waals surface area (Å²) in [6.07, 6.45) is 0. The number of fused-ring (bicyclic) bond motifs is 2. The van der Waals surface area contributed by atoms with Crippen molar-refractivity contribution in [2.45, 2.75) is 4.90 Å². The summed E-state index contributed by atoms with van der Waals surface area (Å²) < 4.78 is 30.4. The van der Waals surface area contributed by atoms with Gasteiger partial charge in [0.25, 0.3) is 0 Å². The van der Waals surface area contributed by atoms with Crippen molar-refractivity contribution < 1.29 is 8.42 Å². The van der Waals surface area contributed by atoms with Crippen molar-refractivity contribution >= 4 is 21.1 Å². The van der Waals surface area contributed by atoms with Gasteiger partial charge in [-0.05, 0) is 43.1 Å². The predicted octanol–water partition coefficient (Wildman–Crippen LogP) is -0.283. The molecule has 2 fully saturated rings. The van der Waals surface area contributed by atoms with E-state index in [9.17, 15) is 13.2 Å². The molecular weight excluding hydrogens is 316 g/mol. The third-order valence-electron chi connectivity index (χ3n) is 5.24. The Balaban J connectivity index is 1.76. The quantitative estimate of drug-likeness (QED) is 0.818. The minimum Gasteiger partial charge on any atom is -0.316 e. The molecule has 2 aliphatic rings. The smallest absolute Gasteiger partial charge is 0.316 e. The number of nitrogens with zero attached hydrogens (tertiary/aromatic N) is 3. The van der Waals surface area contributed by atoms with E-state index < -0.39 is 10.0 Å². The van der Waals surface area contributed by atoms with E-state index in [-0.39, 0.29) is 10.6 Å². The highest BCUT2D eigenvalue weighted by atomic mass is 32.2. The van der Waals surface area contributed by atoms with Crippen molar-refractivity contribution in [2.24, 2.45) is 25.9 Å². The molecule has 2 aromatic rings. The molecule has 2 atom stereocenters. The van der Waals surface area contributed by atoms with Gasteiger partial charge in [-0.15, -0.1) is 0 Å². The van der Waals surface area contributed by atoms with Gasteiger partial charge in [0.1, 0.15) is 0 Å². The van der Waals surface area contributed by atoms with Crippen LogP contribution in [-0.2, 0) is 24.1 Å². The number of aryl methyl sites for hydroxylation is 2. The number of benzene rings is 1. The normalized spacial score (nSPS) is 25.3. The van der Waals surface area contributed by atoms with E-state index in [0.717, 1.165) is 18.6 Å². The molecule has 0 bridgehead atoms. The number of hydrogen-bond donors (Lipinski definition) is 1. The zero-order chi connectivity index (χ0) is 16.4. The van der Waals surface area contributed by atoms with Gasteiger partial charge in [-0.3, -0.25) is 9.13 Å². The Kier molecular flexibility index (Phi) is 3.20. The van der Waals surface area contributed by atoms with Crippen LogP contribution in [0.15, 0.2) is 27.9 Å². The molecule has 4 rings (SSSR count). The molecule has 0 amide bonds. The van der Waals surface area contributed by atoms with Gasteiger partial charge in [0, 0.05) is 27.2 Å². The molecule has 1 aromatic heterocycles. The second-order valence-electron chi connectivity index (χ2n) is 6.55. The molecule has 0 aliphatic carbocycles. The Morgan fingerprint density at radius 3 is 2.30 bits per heavy atom. The third-order valence-corrected chi connectivity index (χ3v) is 7.06. The Labute approximate surface area is 134 Å². The van der Waals surface area contributed by atoms with Crippen LogP contribution in [-0.4, -0.2) is 48.0 Å². The van der Waals surface area contributed by atoms with Crippen molar-refractivity contribution in [2.75, 3.05) is 26.2 Å². The number of rotatable bonds is 2. The van der Waals surface area contributed by atoms with Crippen LogP contribution in [0.4, 0.5) is 0 Å². The molecule has 3 heterocycles. The zero-order valence-electron chi connectivity index (χ0n) is 13.2. The van der Waals surface area contributed by atoms with E-state index in [2.05, 4.69) is 5.32 Å². The molecule has 1 aromatic carbocycles. The molecule has 7 nitrogen and oxygen atoms in total. The number of imidazole rings is 1. The number of nitrogens with one attached hydrogen (secondary N) is 1. The lowest BCUT2D eigenvalue weighted by atomic mass is 10.0. The SMILES string of the molecule is Cn1c(=O)n(C)c2cc(S(=O)(=O)N3C[C@H]4CNC[C@H]4C3)ccc21. The highest BCUT2D eigenvalue weighted by Crippen LogP contribution is 2.31. The number of hydrogen-bond acceptors (Lipinski definition) is 4. The summed E-state index contributed by atoms with van der Waals surface area (Å²) in [6.45, 7) is 2.93. The fourth-order valence-electron chi connectivity index (χ4n) is 3.80. The molecule has 0 saturated carbocycles. The Hall–Kier alpha value is -1.64. The van der Waals surface area contributed by atoms with Crippen molar-refractivity contribution in [3.63, 3.8) is 0 Å². The van der Waals surface area contributed by atoms with Gasteiger partial charge in [-0.2, -0.15) is 4.31 Å². The summed E-state index contributed by atoms with van der Waals surface area (Å²) in [5.74, 6) is 0.823. The Bertz CT molecular complexity index is 932. The second-order valence-corrected chi connectivity index (χ2v) is 8.49. The zero-order valence-corrected chi connectivity index (χ0v) is 14.0. The monoisotopic (exact) mass is 336 g/mol. The highest BCUT2D eigenvalue weighted by Gasteiger charge is 2.41. The van der Waals surface area contributed by atoms with Crippen LogP contribution < -0.4 is 11.0 Å². The molecule has 0 radical (unpaired) electrons. The van der Waals surface area contributed by atoms with Crippen molar-refractivity contribution in [3.8, 4) is 0 Å². The van der Waals surface area contributed by atoms with Crippen LogP contribution in [0.3, 0.4) is 0 Å². The van der Waals surface area contributed by atoms with Gasteiger partial charge in [0.15, 0.2) is 0 Å². The van der Waals surface area contributed by atoms with Gasteiger partial charge in [-0.25, -0.2) is 13.2 Å². The van der Waals surface area contributed by atoms with E-state index in [0.29, 0.717) is 30.4 Å². The lowest BCUT2D eigenvalue weighted by Gasteiger charge is -2.17. The van der Waals surface area contributed by atoms with Crippen molar-refractivity contribution in [1.82, 2.24) is 18.8 Å². The second kappa shape index (κ2) is 4.93. The van der Waals surface area contributed by atoms with Crippen LogP contribution in [0.25, 0.3) is 11.0 Å². The molecular formula is C15H20N4O3S. The van der Waals surface area contributed by atoms with Crippen LogP contribution in [0.5, 0.6) is 0 Å². The minimum absolute atomic E-state index is 0.156. The molecule has 0 unspecified atom stereocenters. The van der Waals surface area contributed by atoms with E-state index >= 15 is 0 Å². The van der Waals surface area contributed by atoms with Crippen LogP contribution >= 0.6 is 0 Å². The van der Waals surface area contributed by atoms with Gasteiger partial charge in [0.2, 0.25) is 10.0 Å². The summed E-state index contributed by atoms with van der Waals surface area (Å²) in [7, 11) is -0.164. The van der Waals surface area contributed by atoms with Crippen LogP contribution in [0.2, 0.25) is 0 Å². The van der Waals surface area contributed by atoms with E-state index in [1.165, 1.54) is 9.13 Å². The van der Waals surface area contributed by atoms with Gasteiger partial charge in [-0.1, -0.05) is 0 Å². The maximum atomic E-state index is 12.9. The number of aromatic nitrogens is 2. The summed E-state index contributed by atoms with van der Waals surface area (Å²) in [5, 5.41) is 3.31. The van der Waals surface area contributed by atoms with E-state index in [1.54, 1.807) is 36.6 Å². The Morgan fingerprint density at radius 2 is 1.65 bits per heavy atom. The summed E-state index contributed by atoms with van der Waals surface area (Å²) in [4.78, 5) is 12.3. The largest absolute Gasteiger partial charge is 0.328 e. The first-order valence-corrected chi connectivity index (χ1v) is 9.20. The van der Waals surface area contributed by atoms with Crippen molar-refractivity contribution in [3.05, 3.63) is 28.7 Å². The molecule has 0 spiro atoms. The highest BCUT2D eigenvalue weighted by molar-refractivity contribution is 7.89. The van der Waals surface area contributed by atoms with Crippen LogP contribution in [0, 0.1) is 11.8 Å². The third kappa shape index (κ3) is 2.09. The molecule has 8 heteroatoms. The predicted molar refractivity (Wildman–Crippen MR) is 86.8 cm³/mol. The standard InChI is InChI=1S/C15H20N4O3S/c1-17-13-4-3-12(5-14(13)18(2)15(17)20)23(21,22)19-8-10-6-16-7-11(10)9-19/h3-5,10-11,16H,6-9H2,1-2H3/t10-,11+. The van der Waals surface area contributed by atoms with Gasteiger partial charge >= 0.3 is 5.69 Å². The first-order valence-electron chi connectivity index (χ1n) is 7.76. The topological polar surface area (TPSA) is 76.3 Å².